The van der Waals surface area contributed by atoms with E-state index in [1.807, 2.05) is 5.43 Å². The first-order valence-corrected chi connectivity index (χ1v) is 2.79. The topological polar surface area (TPSA) is 38.0 Å². The van der Waals surface area contributed by atoms with Gasteiger partial charge in [-0.2, -0.15) is 13.2 Å². The van der Waals surface area contributed by atoms with E-state index < -0.39 is 11.7 Å². The number of rotatable bonds is 2. The number of hydrogen-bond donors (Lipinski definition) is 2. The van der Waals surface area contributed by atoms with Gasteiger partial charge in [0.1, 0.15) is 0 Å². The lowest BCUT2D eigenvalue weighted by atomic mass is 10.1. The largest absolute Gasteiger partial charge is 0.416 e. The molecule has 5 heteroatoms. The molecule has 0 aliphatic rings. The molecule has 2 nitrogen and oxygen atoms in total. The van der Waals surface area contributed by atoms with E-state index in [0.717, 1.165) is 6.20 Å². The van der Waals surface area contributed by atoms with Crippen LogP contribution in [0.25, 0.3) is 0 Å². The molecular formula is C6H9F3N2. The molecule has 0 aliphatic carbocycles. The van der Waals surface area contributed by atoms with Crippen molar-refractivity contribution in [2.75, 3.05) is 0 Å². The van der Waals surface area contributed by atoms with Gasteiger partial charge in [-0.05, 0) is 12.5 Å². The molecule has 0 spiro atoms. The smallest absolute Gasteiger partial charge is 0.331 e. The minimum absolute atomic E-state index is 0.0278. The molecule has 11 heavy (non-hydrogen) atoms. The highest BCUT2D eigenvalue weighted by Gasteiger charge is 2.32. The van der Waals surface area contributed by atoms with Gasteiger partial charge in [-0.25, -0.2) is 0 Å². The van der Waals surface area contributed by atoms with Crippen LogP contribution in [0.3, 0.4) is 0 Å². The van der Waals surface area contributed by atoms with Crippen LogP contribution in [0.1, 0.15) is 6.92 Å². The fourth-order valence-corrected chi connectivity index (χ4v) is 0.436. The van der Waals surface area contributed by atoms with Gasteiger partial charge < -0.3 is 5.43 Å². The summed E-state index contributed by atoms with van der Waals surface area (Å²) in [5, 5.41) is 0. The Morgan fingerprint density at radius 1 is 1.55 bits per heavy atom. The van der Waals surface area contributed by atoms with E-state index in [1.54, 1.807) is 0 Å². The molecule has 0 saturated carbocycles. The van der Waals surface area contributed by atoms with E-state index in [1.165, 1.54) is 6.92 Å². The van der Waals surface area contributed by atoms with Gasteiger partial charge in [0.25, 0.3) is 0 Å². The van der Waals surface area contributed by atoms with Crippen molar-refractivity contribution in [2.45, 2.75) is 13.1 Å². The molecule has 0 aromatic heterocycles. The highest BCUT2D eigenvalue weighted by Crippen LogP contribution is 2.28. The summed E-state index contributed by atoms with van der Waals surface area (Å²) < 4.78 is 35.4. The van der Waals surface area contributed by atoms with Crippen molar-refractivity contribution in [2.24, 2.45) is 5.84 Å². The summed E-state index contributed by atoms with van der Waals surface area (Å²) in [5.41, 5.74) is 1.08. The van der Waals surface area contributed by atoms with Crippen molar-refractivity contribution in [1.29, 1.82) is 0 Å². The van der Waals surface area contributed by atoms with Gasteiger partial charge in [-0.3, -0.25) is 5.84 Å². The van der Waals surface area contributed by atoms with Crippen LogP contribution < -0.4 is 11.3 Å². The lowest BCUT2D eigenvalue weighted by Crippen LogP contribution is -2.17. The van der Waals surface area contributed by atoms with Crippen molar-refractivity contribution in [3.8, 4) is 0 Å². The van der Waals surface area contributed by atoms with Crippen LogP contribution in [0.4, 0.5) is 13.2 Å². The zero-order valence-corrected chi connectivity index (χ0v) is 6.00. The van der Waals surface area contributed by atoms with Gasteiger partial charge in [-0.15, -0.1) is 0 Å². The third kappa shape index (κ3) is 3.08. The van der Waals surface area contributed by atoms with E-state index in [0.29, 0.717) is 0 Å². The summed E-state index contributed by atoms with van der Waals surface area (Å²) in [6.45, 7) is 4.13. The fraction of sp³-hybridized carbons (Fsp3) is 0.333. The highest BCUT2D eigenvalue weighted by molar-refractivity contribution is 5.29. The van der Waals surface area contributed by atoms with Gasteiger partial charge in [0.15, 0.2) is 0 Å². The Morgan fingerprint density at radius 2 is 2.00 bits per heavy atom. The lowest BCUT2D eigenvalue weighted by Gasteiger charge is -2.09. The van der Waals surface area contributed by atoms with Gasteiger partial charge in [0.05, 0.1) is 5.57 Å². The predicted octanol–water partition coefficient (Wildman–Crippen LogP) is 1.47. The third-order valence-corrected chi connectivity index (χ3v) is 1.12. The van der Waals surface area contributed by atoms with E-state index in [-0.39, 0.29) is 5.57 Å². The second-order valence-electron chi connectivity index (χ2n) is 1.97. The first kappa shape index (κ1) is 10.0. The second kappa shape index (κ2) is 3.43. The number of nitrogens with two attached hydrogens (primary N) is 1. The van der Waals surface area contributed by atoms with E-state index >= 15 is 0 Å². The molecule has 0 fully saturated rings. The Kier molecular flexibility index (Phi) is 3.13. The molecule has 0 atom stereocenters. The van der Waals surface area contributed by atoms with Crippen molar-refractivity contribution in [3.63, 3.8) is 0 Å². The molecule has 3 N–H and O–H groups in total. The summed E-state index contributed by atoms with van der Waals surface area (Å²) in [7, 11) is 0. The Hall–Kier alpha value is -0.970. The molecule has 0 aliphatic heterocycles. The highest BCUT2D eigenvalue weighted by atomic mass is 19.4. The molecule has 0 heterocycles. The number of alkyl halides is 3. The van der Waals surface area contributed by atoms with Gasteiger partial charge in [0.2, 0.25) is 0 Å². The van der Waals surface area contributed by atoms with Gasteiger partial charge in [0, 0.05) is 6.20 Å². The van der Waals surface area contributed by atoms with Crippen molar-refractivity contribution in [3.05, 3.63) is 23.9 Å². The molecule has 0 bridgehead atoms. The Labute approximate surface area is 62.5 Å². The van der Waals surface area contributed by atoms with Crippen molar-refractivity contribution < 1.29 is 13.2 Å². The summed E-state index contributed by atoms with van der Waals surface area (Å²) in [6, 6.07) is 0. The van der Waals surface area contributed by atoms with Crippen LogP contribution in [0.5, 0.6) is 0 Å². The number of nitrogens with one attached hydrogen (secondary N) is 1. The van der Waals surface area contributed by atoms with Crippen LogP contribution in [0, 0.1) is 0 Å². The quantitative estimate of drug-likeness (QED) is 0.370. The van der Waals surface area contributed by atoms with E-state index in [4.69, 9.17) is 5.84 Å². The Morgan fingerprint density at radius 3 is 2.27 bits per heavy atom. The molecule has 0 aromatic rings. The van der Waals surface area contributed by atoms with Gasteiger partial charge >= 0.3 is 6.18 Å². The molecular weight excluding hydrogens is 157 g/mol. The van der Waals surface area contributed by atoms with Crippen molar-refractivity contribution >= 4 is 0 Å². The third-order valence-electron chi connectivity index (χ3n) is 1.12. The lowest BCUT2D eigenvalue weighted by molar-refractivity contribution is -0.0889. The molecule has 0 unspecified atom stereocenters. The summed E-state index contributed by atoms with van der Waals surface area (Å²) in [6.07, 6.45) is -3.34. The van der Waals surface area contributed by atoms with Crippen LogP contribution in [0.2, 0.25) is 0 Å². The summed E-state index contributed by atoms with van der Waals surface area (Å²) >= 11 is 0. The first-order valence-electron chi connectivity index (χ1n) is 2.79. The standard InChI is InChI=1S/C6H9F3N2/c1-4(3-11-10)5(2)6(7,8)9/h3,11H,2,10H2,1H3/b4-3-. The zero-order valence-electron chi connectivity index (χ0n) is 6.00. The summed E-state index contributed by atoms with van der Waals surface area (Å²) in [5.74, 6) is 4.78. The van der Waals surface area contributed by atoms with Crippen LogP contribution >= 0.6 is 0 Å². The normalized spacial score (nSPS) is 13.0. The molecule has 0 rings (SSSR count). The maximum atomic E-state index is 11.8. The second-order valence-corrected chi connectivity index (χ2v) is 1.97. The van der Waals surface area contributed by atoms with Crippen LogP contribution in [-0.4, -0.2) is 6.18 Å². The average Bonchev–Trinajstić information content (AvgIpc) is 1.85. The first-order chi connectivity index (χ1) is 4.89. The average molecular weight is 166 g/mol. The molecule has 0 aromatic carbocycles. The Bertz CT molecular complexity index is 181. The van der Waals surface area contributed by atoms with Crippen molar-refractivity contribution in [1.82, 2.24) is 5.43 Å². The minimum Gasteiger partial charge on any atom is -0.331 e. The maximum Gasteiger partial charge on any atom is 0.416 e. The van der Waals surface area contributed by atoms with Gasteiger partial charge in [-0.1, -0.05) is 6.58 Å². The minimum atomic E-state index is -4.38. The molecule has 0 saturated heterocycles. The number of hydrazine groups is 1. The predicted molar refractivity (Wildman–Crippen MR) is 36.3 cm³/mol. The number of halogens is 3. The SMILES string of the molecule is C=C(/C(C)=C\NN)C(F)(F)F. The fourth-order valence-electron chi connectivity index (χ4n) is 0.436. The summed E-state index contributed by atoms with van der Waals surface area (Å²) in [4.78, 5) is 0. The Balaban J connectivity index is 4.39. The monoisotopic (exact) mass is 166 g/mol. The number of hydrogen-bond acceptors (Lipinski definition) is 2. The van der Waals surface area contributed by atoms with E-state index in [2.05, 4.69) is 6.58 Å². The van der Waals surface area contributed by atoms with Crippen LogP contribution in [0.15, 0.2) is 23.9 Å². The number of allylic oxidation sites excluding steroid dienone is 2. The molecule has 0 radical (unpaired) electrons. The zero-order chi connectivity index (χ0) is 9.07. The molecule has 64 valence electrons. The maximum absolute atomic E-state index is 11.8. The molecule has 0 amide bonds. The van der Waals surface area contributed by atoms with Crippen LogP contribution in [-0.2, 0) is 0 Å². The van der Waals surface area contributed by atoms with E-state index in [9.17, 15) is 13.2 Å².